The van der Waals surface area contributed by atoms with E-state index in [-0.39, 0.29) is 19.3 Å². The number of fused-ring (bicyclic) bond motifs is 1. The number of ether oxygens (including phenoxy) is 3. The van der Waals surface area contributed by atoms with Crippen LogP contribution in [0.25, 0.3) is 0 Å². The van der Waals surface area contributed by atoms with Crippen LogP contribution in [0.2, 0.25) is 5.02 Å². The van der Waals surface area contributed by atoms with Crippen LogP contribution in [-0.2, 0) is 4.79 Å². The van der Waals surface area contributed by atoms with E-state index in [1.54, 1.807) is 60.7 Å². The van der Waals surface area contributed by atoms with Crippen molar-refractivity contribution in [2.75, 3.05) is 24.0 Å². The number of nitrogens with one attached hydrogen (secondary N) is 2. The summed E-state index contributed by atoms with van der Waals surface area (Å²) in [5, 5.41) is 6.15. The molecule has 8 heteroatoms. The van der Waals surface area contributed by atoms with Crippen molar-refractivity contribution in [1.82, 2.24) is 0 Å². The summed E-state index contributed by atoms with van der Waals surface area (Å²) in [5.74, 6) is 0.960. The molecule has 4 rings (SSSR count). The number of benzene rings is 3. The van der Waals surface area contributed by atoms with Gasteiger partial charge in [0.2, 0.25) is 6.79 Å². The molecule has 0 aliphatic carbocycles. The van der Waals surface area contributed by atoms with Crippen LogP contribution < -0.4 is 24.8 Å². The smallest absolute Gasteiger partial charge is 0.262 e. The van der Waals surface area contributed by atoms with Gasteiger partial charge >= 0.3 is 0 Å². The number of para-hydroxylation sites is 1. The van der Waals surface area contributed by atoms with Crippen molar-refractivity contribution in [3.05, 3.63) is 76.8 Å². The summed E-state index contributed by atoms with van der Waals surface area (Å²) in [6.45, 7) is 1.79. The zero-order valence-corrected chi connectivity index (χ0v) is 17.4. The fraction of sp³-hybridized carbons (Fsp3) is 0.130. The first-order valence-corrected chi connectivity index (χ1v) is 9.86. The van der Waals surface area contributed by atoms with Crippen LogP contribution in [-0.4, -0.2) is 25.2 Å². The van der Waals surface area contributed by atoms with E-state index in [1.165, 1.54) is 0 Å². The van der Waals surface area contributed by atoms with Gasteiger partial charge in [-0.15, -0.1) is 0 Å². The molecule has 0 saturated carbocycles. The molecule has 3 aromatic rings. The average molecular weight is 439 g/mol. The van der Waals surface area contributed by atoms with Crippen LogP contribution in [0.3, 0.4) is 0 Å². The van der Waals surface area contributed by atoms with Crippen LogP contribution in [0.4, 0.5) is 11.4 Å². The van der Waals surface area contributed by atoms with Crippen LogP contribution >= 0.6 is 11.6 Å². The molecule has 0 aromatic heterocycles. The highest BCUT2D eigenvalue weighted by molar-refractivity contribution is 6.31. The Morgan fingerprint density at radius 2 is 1.81 bits per heavy atom. The SMILES string of the molecule is Cc1cc(OCC(=O)Nc2ccccc2C(=O)Nc2ccc3c(c2)OCO3)ccc1Cl. The lowest BCUT2D eigenvalue weighted by molar-refractivity contribution is -0.118. The summed E-state index contributed by atoms with van der Waals surface area (Å²) < 4.78 is 16.1. The van der Waals surface area contributed by atoms with Gasteiger partial charge in [-0.05, 0) is 55.0 Å². The fourth-order valence-electron chi connectivity index (χ4n) is 3.00. The number of aryl methyl sites for hydroxylation is 1. The Bertz CT molecular complexity index is 1150. The van der Waals surface area contributed by atoms with E-state index in [1.807, 2.05) is 6.92 Å². The van der Waals surface area contributed by atoms with Crippen molar-refractivity contribution in [2.45, 2.75) is 6.92 Å². The Labute approximate surface area is 183 Å². The van der Waals surface area contributed by atoms with Crippen LogP contribution in [0, 0.1) is 6.92 Å². The van der Waals surface area contributed by atoms with Gasteiger partial charge in [0, 0.05) is 16.8 Å². The first kappa shape index (κ1) is 20.6. The second-order valence-corrected chi connectivity index (χ2v) is 7.22. The normalized spacial score (nSPS) is 11.7. The summed E-state index contributed by atoms with van der Waals surface area (Å²) >= 11 is 6.00. The van der Waals surface area contributed by atoms with E-state index >= 15 is 0 Å². The molecule has 1 aliphatic rings. The van der Waals surface area contributed by atoms with Crippen LogP contribution in [0.1, 0.15) is 15.9 Å². The maximum Gasteiger partial charge on any atom is 0.262 e. The largest absolute Gasteiger partial charge is 0.484 e. The van der Waals surface area contributed by atoms with Crippen LogP contribution in [0.15, 0.2) is 60.7 Å². The fourth-order valence-corrected chi connectivity index (χ4v) is 3.12. The van der Waals surface area contributed by atoms with Crippen molar-refractivity contribution in [3.63, 3.8) is 0 Å². The van der Waals surface area contributed by atoms with Gasteiger partial charge in [0.15, 0.2) is 18.1 Å². The van der Waals surface area contributed by atoms with Crippen molar-refractivity contribution in [3.8, 4) is 17.2 Å². The molecule has 0 fully saturated rings. The summed E-state index contributed by atoms with van der Waals surface area (Å²) in [7, 11) is 0. The number of halogens is 1. The van der Waals surface area contributed by atoms with Gasteiger partial charge < -0.3 is 24.8 Å². The summed E-state index contributed by atoms with van der Waals surface area (Å²) in [4.78, 5) is 25.2. The lowest BCUT2D eigenvalue weighted by Gasteiger charge is -2.12. The van der Waals surface area contributed by atoms with Crippen molar-refractivity contribution >= 4 is 34.8 Å². The second-order valence-electron chi connectivity index (χ2n) is 6.82. The maximum absolute atomic E-state index is 12.8. The third-order valence-electron chi connectivity index (χ3n) is 4.58. The standard InChI is InChI=1S/C23H19ClN2O5/c1-14-10-16(7-8-18(14)24)29-12-22(27)26-19-5-3-2-4-17(19)23(28)25-15-6-9-20-21(11-15)31-13-30-20/h2-11H,12-13H2,1H3,(H,25,28)(H,26,27). The minimum Gasteiger partial charge on any atom is -0.484 e. The van der Waals surface area contributed by atoms with E-state index in [4.69, 9.17) is 25.8 Å². The highest BCUT2D eigenvalue weighted by Gasteiger charge is 2.17. The molecule has 31 heavy (non-hydrogen) atoms. The predicted molar refractivity (Wildman–Crippen MR) is 117 cm³/mol. The second kappa shape index (κ2) is 8.97. The Morgan fingerprint density at radius 1 is 1.00 bits per heavy atom. The molecule has 2 amide bonds. The number of carbonyl (C=O) groups is 2. The number of anilines is 2. The first-order valence-electron chi connectivity index (χ1n) is 9.48. The lowest BCUT2D eigenvalue weighted by Crippen LogP contribution is -2.22. The first-order chi connectivity index (χ1) is 15.0. The monoisotopic (exact) mass is 438 g/mol. The topological polar surface area (TPSA) is 85.9 Å². The third-order valence-corrected chi connectivity index (χ3v) is 5.00. The van der Waals surface area contributed by atoms with Gasteiger partial charge in [-0.2, -0.15) is 0 Å². The Kier molecular flexibility index (Phi) is 5.95. The third kappa shape index (κ3) is 4.90. The molecule has 3 aromatic carbocycles. The Balaban J connectivity index is 1.41. The molecule has 158 valence electrons. The maximum atomic E-state index is 12.8. The van der Waals surface area contributed by atoms with E-state index < -0.39 is 5.91 Å². The number of amides is 2. The Hall–Kier alpha value is -3.71. The molecule has 7 nitrogen and oxygen atoms in total. The molecular formula is C23H19ClN2O5. The van der Waals surface area contributed by atoms with E-state index in [2.05, 4.69) is 10.6 Å². The van der Waals surface area contributed by atoms with Crippen LogP contribution in [0.5, 0.6) is 17.2 Å². The minimum absolute atomic E-state index is 0.152. The van der Waals surface area contributed by atoms with Gasteiger partial charge in [0.05, 0.1) is 11.3 Å². The number of carbonyl (C=O) groups excluding carboxylic acids is 2. The minimum atomic E-state index is -0.393. The van der Waals surface area contributed by atoms with Gasteiger partial charge in [-0.1, -0.05) is 23.7 Å². The van der Waals surface area contributed by atoms with Crippen molar-refractivity contribution in [2.24, 2.45) is 0 Å². The molecule has 2 N–H and O–H groups in total. The quantitative estimate of drug-likeness (QED) is 0.585. The molecular weight excluding hydrogens is 420 g/mol. The van der Waals surface area contributed by atoms with Gasteiger partial charge in [-0.25, -0.2) is 0 Å². The molecule has 0 unspecified atom stereocenters. The van der Waals surface area contributed by atoms with Crippen molar-refractivity contribution in [1.29, 1.82) is 0 Å². The molecule has 1 heterocycles. The van der Waals surface area contributed by atoms with Crippen molar-refractivity contribution < 1.29 is 23.8 Å². The zero-order chi connectivity index (χ0) is 21.8. The molecule has 0 radical (unpaired) electrons. The lowest BCUT2D eigenvalue weighted by atomic mass is 10.1. The highest BCUT2D eigenvalue weighted by atomic mass is 35.5. The number of hydrogen-bond acceptors (Lipinski definition) is 5. The van der Waals surface area contributed by atoms with E-state index in [0.29, 0.717) is 39.2 Å². The molecule has 1 aliphatic heterocycles. The molecule has 0 saturated heterocycles. The summed E-state index contributed by atoms with van der Waals surface area (Å²) in [5.41, 5.74) is 2.10. The summed E-state index contributed by atoms with van der Waals surface area (Å²) in [6.07, 6.45) is 0. The van der Waals surface area contributed by atoms with Gasteiger partial charge in [0.25, 0.3) is 11.8 Å². The van der Waals surface area contributed by atoms with Gasteiger partial charge in [0.1, 0.15) is 5.75 Å². The molecule has 0 atom stereocenters. The van der Waals surface area contributed by atoms with E-state index in [0.717, 1.165) is 5.56 Å². The predicted octanol–water partition coefficient (Wildman–Crippen LogP) is 4.65. The summed E-state index contributed by atoms with van der Waals surface area (Å²) in [6, 6.07) is 17.0. The highest BCUT2D eigenvalue weighted by Crippen LogP contribution is 2.34. The van der Waals surface area contributed by atoms with Gasteiger partial charge in [-0.3, -0.25) is 9.59 Å². The molecule has 0 spiro atoms. The average Bonchev–Trinajstić information content (AvgIpc) is 3.23. The van der Waals surface area contributed by atoms with E-state index in [9.17, 15) is 9.59 Å². The Morgan fingerprint density at radius 3 is 2.65 bits per heavy atom. The molecule has 0 bridgehead atoms. The zero-order valence-electron chi connectivity index (χ0n) is 16.6. The number of hydrogen-bond donors (Lipinski definition) is 2. The number of rotatable bonds is 6.